The Morgan fingerprint density at radius 3 is 2.61 bits per heavy atom. The first-order chi connectivity index (χ1) is 8.29. The van der Waals surface area contributed by atoms with Crippen LogP contribution in [0.25, 0.3) is 0 Å². The van der Waals surface area contributed by atoms with Gasteiger partial charge in [0.1, 0.15) is 11.6 Å². The maximum atomic E-state index is 12.1. The highest BCUT2D eigenvalue weighted by Gasteiger charge is 2.33. The van der Waals surface area contributed by atoms with Crippen molar-refractivity contribution in [3.8, 4) is 0 Å². The quantitative estimate of drug-likeness (QED) is 0.708. The molecule has 1 aliphatic rings. The Morgan fingerprint density at radius 1 is 1.39 bits per heavy atom. The van der Waals surface area contributed by atoms with Crippen molar-refractivity contribution in [1.82, 2.24) is 4.90 Å². The molecule has 0 saturated carbocycles. The van der Waals surface area contributed by atoms with Gasteiger partial charge in [-0.3, -0.25) is 9.69 Å². The molecule has 1 fully saturated rings. The molecule has 0 aliphatic carbocycles. The summed E-state index contributed by atoms with van der Waals surface area (Å²) < 4.78 is 11.0. The number of carbonyl (C=O) groups is 1. The Morgan fingerprint density at radius 2 is 2.06 bits per heavy atom. The number of rotatable bonds is 5. The van der Waals surface area contributed by atoms with E-state index >= 15 is 0 Å². The summed E-state index contributed by atoms with van der Waals surface area (Å²) in [4.78, 5) is 14.2. The van der Waals surface area contributed by atoms with Crippen LogP contribution in [-0.4, -0.2) is 48.3 Å². The molecule has 1 saturated heterocycles. The predicted molar refractivity (Wildman–Crippen MR) is 71.5 cm³/mol. The maximum Gasteiger partial charge on any atom is 0.323 e. The van der Waals surface area contributed by atoms with E-state index < -0.39 is 5.60 Å². The minimum atomic E-state index is -0.403. The van der Waals surface area contributed by atoms with E-state index in [1.165, 1.54) is 0 Å². The van der Waals surface area contributed by atoms with Crippen molar-refractivity contribution in [3.63, 3.8) is 0 Å². The fourth-order valence-corrected chi connectivity index (χ4v) is 2.14. The normalized spacial score (nSPS) is 21.6. The fourth-order valence-electron chi connectivity index (χ4n) is 2.14. The van der Waals surface area contributed by atoms with Crippen molar-refractivity contribution in [2.24, 2.45) is 0 Å². The molecule has 4 heteroatoms. The van der Waals surface area contributed by atoms with Gasteiger partial charge in [-0.2, -0.15) is 0 Å². The third-order valence-electron chi connectivity index (χ3n) is 2.87. The number of nitrogens with zero attached hydrogens (tertiary/aromatic N) is 1. The van der Waals surface area contributed by atoms with Gasteiger partial charge in [0, 0.05) is 6.54 Å². The summed E-state index contributed by atoms with van der Waals surface area (Å²) >= 11 is 0. The molecule has 0 aromatic heterocycles. The van der Waals surface area contributed by atoms with Gasteiger partial charge < -0.3 is 9.47 Å². The smallest absolute Gasteiger partial charge is 0.323 e. The van der Waals surface area contributed by atoms with Crippen LogP contribution >= 0.6 is 0 Å². The van der Waals surface area contributed by atoms with Crippen LogP contribution in [0.3, 0.4) is 0 Å². The summed E-state index contributed by atoms with van der Waals surface area (Å²) in [6.45, 7) is 12.2. The SMILES string of the molecule is CC(C)OCCN1CCC[C@@H]1C(=O)OC(C)(C)C. The highest BCUT2D eigenvalue weighted by atomic mass is 16.6. The number of ether oxygens (including phenoxy) is 2. The van der Waals surface area contributed by atoms with Gasteiger partial charge in [0.2, 0.25) is 0 Å². The van der Waals surface area contributed by atoms with Crippen molar-refractivity contribution in [1.29, 1.82) is 0 Å². The molecule has 0 radical (unpaired) electrons. The minimum absolute atomic E-state index is 0.0833. The second-order valence-electron chi connectivity index (χ2n) is 6.15. The molecular formula is C14H27NO3. The van der Waals surface area contributed by atoms with Crippen molar-refractivity contribution in [3.05, 3.63) is 0 Å². The van der Waals surface area contributed by atoms with Crippen molar-refractivity contribution in [2.45, 2.75) is 65.2 Å². The molecule has 0 spiro atoms. The Hall–Kier alpha value is -0.610. The lowest BCUT2D eigenvalue weighted by atomic mass is 10.1. The first-order valence-corrected chi connectivity index (χ1v) is 6.88. The van der Waals surface area contributed by atoms with Gasteiger partial charge in [-0.25, -0.2) is 0 Å². The van der Waals surface area contributed by atoms with Gasteiger partial charge >= 0.3 is 5.97 Å². The molecule has 1 atom stereocenters. The number of hydrogen-bond donors (Lipinski definition) is 0. The topological polar surface area (TPSA) is 38.8 Å². The monoisotopic (exact) mass is 257 g/mol. The molecule has 0 aromatic carbocycles. The minimum Gasteiger partial charge on any atom is -0.459 e. The van der Waals surface area contributed by atoms with Crippen LogP contribution in [0.5, 0.6) is 0 Å². The third-order valence-corrected chi connectivity index (χ3v) is 2.87. The average Bonchev–Trinajstić information content (AvgIpc) is 2.62. The van der Waals surface area contributed by atoms with E-state index in [9.17, 15) is 4.79 Å². The number of carbonyl (C=O) groups excluding carboxylic acids is 1. The van der Waals surface area contributed by atoms with Gasteiger partial charge in [0.15, 0.2) is 0 Å². The summed E-state index contributed by atoms with van der Waals surface area (Å²) in [6.07, 6.45) is 2.20. The van der Waals surface area contributed by atoms with E-state index in [-0.39, 0.29) is 18.1 Å². The van der Waals surface area contributed by atoms with E-state index in [1.807, 2.05) is 34.6 Å². The molecule has 18 heavy (non-hydrogen) atoms. The van der Waals surface area contributed by atoms with Gasteiger partial charge in [0.25, 0.3) is 0 Å². The van der Waals surface area contributed by atoms with Crippen molar-refractivity contribution < 1.29 is 14.3 Å². The summed E-state index contributed by atoms with van der Waals surface area (Å²) in [6, 6.07) is -0.0833. The van der Waals surface area contributed by atoms with E-state index in [0.29, 0.717) is 6.61 Å². The van der Waals surface area contributed by atoms with Crippen LogP contribution in [0, 0.1) is 0 Å². The lowest BCUT2D eigenvalue weighted by Crippen LogP contribution is -2.42. The van der Waals surface area contributed by atoms with Crippen molar-refractivity contribution in [2.75, 3.05) is 19.7 Å². The molecule has 0 unspecified atom stereocenters. The average molecular weight is 257 g/mol. The van der Waals surface area contributed by atoms with Gasteiger partial charge in [0.05, 0.1) is 12.7 Å². The standard InChI is InChI=1S/C14H27NO3/c1-11(2)17-10-9-15-8-6-7-12(15)13(16)18-14(3,4)5/h11-12H,6-10H2,1-5H3/t12-/m1/s1. The van der Waals surface area contributed by atoms with Crippen molar-refractivity contribution >= 4 is 5.97 Å². The number of hydrogen-bond acceptors (Lipinski definition) is 4. The molecular weight excluding hydrogens is 230 g/mol. The fraction of sp³-hybridized carbons (Fsp3) is 0.929. The second-order valence-corrected chi connectivity index (χ2v) is 6.15. The summed E-state index contributed by atoms with van der Waals surface area (Å²) in [5.41, 5.74) is -0.403. The maximum absolute atomic E-state index is 12.1. The second kappa shape index (κ2) is 6.53. The molecule has 4 nitrogen and oxygen atoms in total. The van der Waals surface area contributed by atoms with Crippen LogP contribution in [0.15, 0.2) is 0 Å². The van der Waals surface area contributed by atoms with Crippen LogP contribution in [0.1, 0.15) is 47.5 Å². The Kier molecular flexibility index (Phi) is 5.60. The van der Waals surface area contributed by atoms with Gasteiger partial charge in [-0.05, 0) is 54.0 Å². The summed E-state index contributed by atoms with van der Waals surface area (Å²) in [5, 5.41) is 0. The molecule has 1 heterocycles. The molecule has 106 valence electrons. The molecule has 0 N–H and O–H groups in total. The summed E-state index contributed by atoms with van der Waals surface area (Å²) in [7, 11) is 0. The first-order valence-electron chi connectivity index (χ1n) is 6.88. The van der Waals surface area contributed by atoms with Crippen LogP contribution in [-0.2, 0) is 14.3 Å². The largest absolute Gasteiger partial charge is 0.459 e. The lowest BCUT2D eigenvalue weighted by molar-refractivity contribution is -0.160. The zero-order chi connectivity index (χ0) is 13.8. The highest BCUT2D eigenvalue weighted by molar-refractivity contribution is 5.76. The molecule has 0 bridgehead atoms. The van der Waals surface area contributed by atoms with E-state index in [2.05, 4.69) is 4.90 Å². The molecule has 0 amide bonds. The first kappa shape index (κ1) is 15.4. The van der Waals surface area contributed by atoms with Crippen LogP contribution in [0.4, 0.5) is 0 Å². The number of likely N-dealkylation sites (tertiary alicyclic amines) is 1. The van der Waals surface area contributed by atoms with Gasteiger partial charge in [-0.15, -0.1) is 0 Å². The third kappa shape index (κ3) is 5.36. The Bertz CT molecular complexity index is 271. The molecule has 0 aromatic rings. The summed E-state index contributed by atoms with van der Waals surface area (Å²) in [5.74, 6) is -0.0930. The van der Waals surface area contributed by atoms with Crippen LogP contribution in [0.2, 0.25) is 0 Å². The lowest BCUT2D eigenvalue weighted by Gasteiger charge is -2.27. The Balaban J connectivity index is 2.41. The molecule has 1 aliphatic heterocycles. The highest BCUT2D eigenvalue weighted by Crippen LogP contribution is 2.20. The Labute approximate surface area is 111 Å². The predicted octanol–water partition coefficient (Wildman–Crippen LogP) is 2.22. The van der Waals surface area contributed by atoms with Crippen LogP contribution < -0.4 is 0 Å². The molecule has 1 rings (SSSR count). The van der Waals surface area contributed by atoms with E-state index in [4.69, 9.17) is 9.47 Å². The zero-order valence-electron chi connectivity index (χ0n) is 12.4. The zero-order valence-corrected chi connectivity index (χ0v) is 12.4. The number of esters is 1. The van der Waals surface area contributed by atoms with Gasteiger partial charge in [-0.1, -0.05) is 0 Å². The van der Waals surface area contributed by atoms with E-state index in [0.717, 1.165) is 25.9 Å². The van der Waals surface area contributed by atoms with E-state index in [1.54, 1.807) is 0 Å².